The van der Waals surface area contributed by atoms with E-state index in [9.17, 15) is 4.79 Å². The molecule has 3 aliphatic carbocycles. The van der Waals surface area contributed by atoms with Gasteiger partial charge in [-0.05, 0) is 91.0 Å². The minimum Gasteiger partial charge on any atom is -0.494 e. The van der Waals surface area contributed by atoms with E-state index in [2.05, 4.69) is 55.5 Å². The zero-order valence-corrected chi connectivity index (χ0v) is 19.2. The second kappa shape index (κ2) is 8.62. The highest BCUT2D eigenvalue weighted by Gasteiger charge is 2.57. The summed E-state index contributed by atoms with van der Waals surface area (Å²) >= 11 is 5.76. The molecule has 0 radical (unpaired) electrons. The number of rotatable bonds is 6. The molecule has 3 aliphatic rings. The Balaban J connectivity index is 1.47. The first kappa shape index (κ1) is 21.1. The maximum Gasteiger partial charge on any atom is 0.139 e. The molecule has 2 aromatic rings. The molecular formula is C28H33ClO2. The van der Waals surface area contributed by atoms with E-state index in [4.69, 9.17) is 16.3 Å². The van der Waals surface area contributed by atoms with Gasteiger partial charge in [-0.15, -0.1) is 11.6 Å². The maximum absolute atomic E-state index is 13.0. The van der Waals surface area contributed by atoms with Crippen molar-refractivity contribution in [2.24, 2.45) is 17.3 Å². The maximum atomic E-state index is 13.0. The van der Waals surface area contributed by atoms with Gasteiger partial charge in [0.2, 0.25) is 0 Å². The molecule has 0 unspecified atom stereocenters. The van der Waals surface area contributed by atoms with E-state index in [-0.39, 0.29) is 5.41 Å². The van der Waals surface area contributed by atoms with Crippen LogP contribution in [-0.4, -0.2) is 18.3 Å². The lowest BCUT2D eigenvalue weighted by atomic mass is 9.51. The molecule has 0 aromatic heterocycles. The summed E-state index contributed by atoms with van der Waals surface area (Å²) in [5.41, 5.74) is 4.25. The topological polar surface area (TPSA) is 26.3 Å². The lowest BCUT2D eigenvalue weighted by molar-refractivity contribution is -0.130. The highest BCUT2D eigenvalue weighted by molar-refractivity contribution is 6.17. The summed E-state index contributed by atoms with van der Waals surface area (Å²) in [6, 6.07) is 17.8. The monoisotopic (exact) mass is 436 g/mol. The Labute approximate surface area is 191 Å². The zero-order chi connectivity index (χ0) is 21.4. The molecule has 5 rings (SSSR count). The van der Waals surface area contributed by atoms with Crippen molar-refractivity contribution in [3.8, 4) is 5.75 Å². The minimum absolute atomic E-state index is 0.158. The van der Waals surface area contributed by atoms with Crippen LogP contribution in [-0.2, 0) is 11.2 Å². The van der Waals surface area contributed by atoms with E-state index in [1.165, 1.54) is 23.1 Å². The van der Waals surface area contributed by atoms with E-state index < -0.39 is 0 Å². The van der Waals surface area contributed by atoms with Gasteiger partial charge < -0.3 is 4.74 Å². The Bertz CT molecular complexity index is 936. The van der Waals surface area contributed by atoms with Crippen molar-refractivity contribution in [3.05, 3.63) is 65.2 Å². The predicted molar refractivity (Wildman–Crippen MR) is 126 cm³/mol. The van der Waals surface area contributed by atoms with Gasteiger partial charge in [0.25, 0.3) is 0 Å². The van der Waals surface area contributed by atoms with Crippen LogP contribution in [0.4, 0.5) is 0 Å². The number of hydrogen-bond donors (Lipinski definition) is 0. The lowest BCUT2D eigenvalue weighted by Gasteiger charge is -2.52. The second-order valence-corrected chi connectivity index (χ2v) is 10.4. The van der Waals surface area contributed by atoms with Gasteiger partial charge in [-0.2, -0.15) is 0 Å². The largest absolute Gasteiger partial charge is 0.494 e. The first-order valence-electron chi connectivity index (χ1n) is 12.0. The second-order valence-electron chi connectivity index (χ2n) is 10.0. The van der Waals surface area contributed by atoms with Crippen LogP contribution in [0.3, 0.4) is 0 Å². The van der Waals surface area contributed by atoms with Crippen molar-refractivity contribution >= 4 is 17.4 Å². The molecule has 2 aromatic carbocycles. The highest BCUT2D eigenvalue weighted by atomic mass is 35.5. The quantitative estimate of drug-likeness (QED) is 0.363. The number of hydrogen-bond acceptors (Lipinski definition) is 2. The third-order valence-electron chi connectivity index (χ3n) is 8.46. The Morgan fingerprint density at radius 3 is 2.65 bits per heavy atom. The Morgan fingerprint density at radius 1 is 1.03 bits per heavy atom. The lowest BCUT2D eigenvalue weighted by Crippen LogP contribution is -2.45. The van der Waals surface area contributed by atoms with E-state index >= 15 is 0 Å². The van der Waals surface area contributed by atoms with Crippen LogP contribution >= 0.6 is 11.6 Å². The van der Waals surface area contributed by atoms with Gasteiger partial charge in [0.05, 0.1) is 6.61 Å². The molecule has 164 valence electrons. The fourth-order valence-corrected chi connectivity index (χ4v) is 7.13. The predicted octanol–water partition coefficient (Wildman–Crippen LogP) is 6.90. The van der Waals surface area contributed by atoms with Crippen molar-refractivity contribution in [1.82, 2.24) is 0 Å². The number of benzene rings is 2. The van der Waals surface area contributed by atoms with Crippen molar-refractivity contribution in [2.75, 3.05) is 12.5 Å². The molecule has 0 spiro atoms. The number of carbonyl (C=O) groups excluding carboxylic acids is 1. The fraction of sp³-hybridized carbons (Fsp3) is 0.536. The fourth-order valence-electron chi connectivity index (χ4n) is 6.94. The SMILES string of the molecule is C[C@]12C[C@H](c3ccc(OCCCCCl)cc3)[C@@H]3c4ccccc4CC[C@H]3[C@@H]1CCC2=O. The molecule has 0 heterocycles. The molecule has 0 bridgehead atoms. The molecular weight excluding hydrogens is 404 g/mol. The van der Waals surface area contributed by atoms with Gasteiger partial charge in [-0.25, -0.2) is 0 Å². The Hall–Kier alpha value is -1.80. The number of aryl methyl sites for hydroxylation is 1. The molecule has 31 heavy (non-hydrogen) atoms. The van der Waals surface area contributed by atoms with Crippen LogP contribution in [0.1, 0.15) is 74.0 Å². The van der Waals surface area contributed by atoms with Gasteiger partial charge in [0.15, 0.2) is 0 Å². The number of halogens is 1. The summed E-state index contributed by atoms with van der Waals surface area (Å²) in [6.07, 6.45) is 7.16. The standard InChI is InChI=1S/C28H33ClO2/c1-28-18-24(20-8-11-21(12-9-20)31-17-5-4-16-29)27-22-7-3-2-6-19(22)10-13-23(27)25(28)14-15-26(28)30/h2-3,6-9,11-12,23-25,27H,4-5,10,13-18H2,1H3/t23-,24+,25-,27+,28-/m0/s1. The van der Waals surface area contributed by atoms with Crippen LogP contribution in [0.2, 0.25) is 0 Å². The summed E-state index contributed by atoms with van der Waals surface area (Å²) in [4.78, 5) is 13.0. The van der Waals surface area contributed by atoms with Gasteiger partial charge in [-0.3, -0.25) is 4.79 Å². The minimum atomic E-state index is -0.158. The van der Waals surface area contributed by atoms with Crippen LogP contribution in [0.15, 0.2) is 48.5 Å². The first-order valence-corrected chi connectivity index (χ1v) is 12.5. The van der Waals surface area contributed by atoms with Crippen molar-refractivity contribution in [1.29, 1.82) is 0 Å². The number of carbonyl (C=O) groups is 1. The third kappa shape index (κ3) is 3.71. The average molecular weight is 437 g/mol. The third-order valence-corrected chi connectivity index (χ3v) is 8.73. The van der Waals surface area contributed by atoms with Crippen LogP contribution < -0.4 is 4.74 Å². The first-order chi connectivity index (χ1) is 15.1. The van der Waals surface area contributed by atoms with Crippen LogP contribution in [0, 0.1) is 17.3 Å². The number of ketones is 1. The van der Waals surface area contributed by atoms with Gasteiger partial charge in [0.1, 0.15) is 11.5 Å². The zero-order valence-electron chi connectivity index (χ0n) is 18.5. The summed E-state index contributed by atoms with van der Waals surface area (Å²) in [6.45, 7) is 2.98. The summed E-state index contributed by atoms with van der Waals surface area (Å²) < 4.78 is 5.91. The molecule has 0 amide bonds. The van der Waals surface area contributed by atoms with Crippen molar-refractivity contribution in [2.45, 2.75) is 63.7 Å². The molecule has 0 saturated heterocycles. The van der Waals surface area contributed by atoms with E-state index in [0.717, 1.165) is 44.3 Å². The molecule has 0 aliphatic heterocycles. The normalized spacial score (nSPS) is 31.6. The smallest absolute Gasteiger partial charge is 0.139 e. The Morgan fingerprint density at radius 2 is 1.84 bits per heavy atom. The van der Waals surface area contributed by atoms with Crippen LogP contribution in [0.25, 0.3) is 0 Å². The molecule has 5 atom stereocenters. The van der Waals surface area contributed by atoms with E-state index in [0.29, 0.717) is 41.9 Å². The molecule has 2 fully saturated rings. The van der Waals surface area contributed by atoms with Crippen molar-refractivity contribution in [3.63, 3.8) is 0 Å². The molecule has 2 nitrogen and oxygen atoms in total. The van der Waals surface area contributed by atoms with Gasteiger partial charge >= 0.3 is 0 Å². The Kier molecular flexibility index (Phi) is 5.86. The van der Waals surface area contributed by atoms with Gasteiger partial charge in [0, 0.05) is 17.7 Å². The molecule has 3 heteroatoms. The number of alkyl halides is 1. The number of Topliss-reactive ketones (excluding diaryl/α,β-unsaturated/α-hetero) is 1. The summed E-state index contributed by atoms with van der Waals surface area (Å²) in [5, 5.41) is 0. The average Bonchev–Trinajstić information content (AvgIpc) is 3.10. The van der Waals surface area contributed by atoms with Crippen molar-refractivity contribution < 1.29 is 9.53 Å². The van der Waals surface area contributed by atoms with Crippen LogP contribution in [0.5, 0.6) is 5.75 Å². The summed E-state index contributed by atoms with van der Waals surface area (Å²) in [5.74, 6) is 4.17. The molecule has 0 N–H and O–H groups in total. The number of ether oxygens (including phenoxy) is 1. The summed E-state index contributed by atoms with van der Waals surface area (Å²) in [7, 11) is 0. The highest BCUT2D eigenvalue weighted by Crippen LogP contribution is 2.63. The number of fused-ring (bicyclic) bond motifs is 5. The number of unbranched alkanes of at least 4 members (excludes halogenated alkanes) is 1. The van der Waals surface area contributed by atoms with Gasteiger partial charge in [-0.1, -0.05) is 43.3 Å². The molecule has 2 saturated carbocycles. The van der Waals surface area contributed by atoms with E-state index in [1.807, 2.05) is 0 Å². The van der Waals surface area contributed by atoms with E-state index in [1.54, 1.807) is 0 Å².